The molecule has 1 aromatic carbocycles. The van der Waals surface area contributed by atoms with Gasteiger partial charge in [-0.15, -0.1) is 11.3 Å². The molecule has 0 radical (unpaired) electrons. The van der Waals surface area contributed by atoms with Crippen LogP contribution in [-0.2, 0) is 4.74 Å². The second kappa shape index (κ2) is 5.85. The van der Waals surface area contributed by atoms with Crippen molar-refractivity contribution in [3.8, 4) is 21.8 Å². The van der Waals surface area contributed by atoms with Gasteiger partial charge >= 0.3 is 5.97 Å². The van der Waals surface area contributed by atoms with Crippen LogP contribution in [0.15, 0.2) is 54.2 Å². The fourth-order valence-electron chi connectivity index (χ4n) is 1.96. The minimum absolute atomic E-state index is 0.346. The third kappa shape index (κ3) is 2.83. The van der Waals surface area contributed by atoms with Gasteiger partial charge in [-0.2, -0.15) is 0 Å². The van der Waals surface area contributed by atoms with E-state index in [2.05, 4.69) is 9.97 Å². The molecular weight excluding hydrogens is 284 g/mol. The van der Waals surface area contributed by atoms with Gasteiger partial charge in [0, 0.05) is 28.9 Å². The Balaban J connectivity index is 1.95. The van der Waals surface area contributed by atoms with Crippen molar-refractivity contribution < 1.29 is 9.53 Å². The molecule has 0 aliphatic heterocycles. The van der Waals surface area contributed by atoms with Crippen molar-refractivity contribution >= 4 is 17.3 Å². The standard InChI is InChI=1S/C16H12N2O2S/c1-20-16(19)13-4-2-3-12(9-13)14-10-21-15(18-14)11-5-7-17-8-6-11/h2-10H,1H3. The van der Waals surface area contributed by atoms with Crippen LogP contribution in [0, 0.1) is 0 Å². The van der Waals surface area contributed by atoms with E-state index in [0.717, 1.165) is 21.8 Å². The van der Waals surface area contributed by atoms with E-state index < -0.39 is 0 Å². The zero-order valence-corrected chi connectivity index (χ0v) is 12.1. The van der Waals surface area contributed by atoms with Crippen LogP contribution in [0.5, 0.6) is 0 Å². The van der Waals surface area contributed by atoms with E-state index in [1.165, 1.54) is 7.11 Å². The van der Waals surface area contributed by atoms with Gasteiger partial charge in [-0.25, -0.2) is 9.78 Å². The molecule has 2 aromatic heterocycles. The monoisotopic (exact) mass is 296 g/mol. The van der Waals surface area contributed by atoms with Crippen LogP contribution in [-0.4, -0.2) is 23.0 Å². The molecule has 0 saturated carbocycles. The third-order valence-electron chi connectivity index (χ3n) is 3.01. The van der Waals surface area contributed by atoms with Gasteiger partial charge in [0.25, 0.3) is 0 Å². The minimum Gasteiger partial charge on any atom is -0.465 e. The molecule has 104 valence electrons. The minimum atomic E-state index is -0.346. The molecule has 0 aliphatic rings. The van der Waals surface area contributed by atoms with E-state index in [0.29, 0.717) is 5.56 Å². The number of ether oxygens (including phenoxy) is 1. The molecule has 0 fully saturated rings. The quantitative estimate of drug-likeness (QED) is 0.692. The van der Waals surface area contributed by atoms with Crippen molar-refractivity contribution in [2.45, 2.75) is 0 Å². The molecule has 4 nitrogen and oxygen atoms in total. The first-order chi connectivity index (χ1) is 10.3. The highest BCUT2D eigenvalue weighted by Gasteiger charge is 2.10. The summed E-state index contributed by atoms with van der Waals surface area (Å²) in [7, 11) is 1.37. The molecule has 3 rings (SSSR count). The van der Waals surface area contributed by atoms with Crippen molar-refractivity contribution in [3.63, 3.8) is 0 Å². The highest BCUT2D eigenvalue weighted by atomic mass is 32.1. The summed E-state index contributed by atoms with van der Waals surface area (Å²) in [6.07, 6.45) is 3.49. The number of esters is 1. The van der Waals surface area contributed by atoms with E-state index in [9.17, 15) is 4.79 Å². The Hall–Kier alpha value is -2.53. The summed E-state index contributed by atoms with van der Waals surface area (Å²) in [5.74, 6) is -0.346. The molecule has 21 heavy (non-hydrogen) atoms. The number of nitrogens with zero attached hydrogens (tertiary/aromatic N) is 2. The summed E-state index contributed by atoms with van der Waals surface area (Å²) in [4.78, 5) is 20.2. The van der Waals surface area contributed by atoms with Gasteiger partial charge in [0.15, 0.2) is 0 Å². The zero-order chi connectivity index (χ0) is 14.7. The maximum absolute atomic E-state index is 11.6. The zero-order valence-electron chi connectivity index (χ0n) is 11.3. The first kappa shape index (κ1) is 13.5. The van der Waals surface area contributed by atoms with Crippen molar-refractivity contribution in [1.29, 1.82) is 0 Å². The molecule has 0 aliphatic carbocycles. The van der Waals surface area contributed by atoms with Crippen molar-refractivity contribution in [2.24, 2.45) is 0 Å². The fraction of sp³-hybridized carbons (Fsp3) is 0.0625. The normalized spacial score (nSPS) is 10.3. The highest BCUT2D eigenvalue weighted by Crippen LogP contribution is 2.28. The van der Waals surface area contributed by atoms with Gasteiger partial charge < -0.3 is 4.74 Å². The Morgan fingerprint density at radius 3 is 2.71 bits per heavy atom. The van der Waals surface area contributed by atoms with Crippen LogP contribution in [0.25, 0.3) is 21.8 Å². The van der Waals surface area contributed by atoms with Crippen LogP contribution >= 0.6 is 11.3 Å². The number of pyridine rings is 1. The average Bonchev–Trinajstić information content (AvgIpc) is 3.05. The van der Waals surface area contributed by atoms with Gasteiger partial charge in [0.2, 0.25) is 0 Å². The molecule has 0 atom stereocenters. The lowest BCUT2D eigenvalue weighted by atomic mass is 10.1. The fourth-order valence-corrected chi connectivity index (χ4v) is 2.79. The molecule has 5 heteroatoms. The average molecular weight is 296 g/mol. The van der Waals surface area contributed by atoms with Gasteiger partial charge in [-0.3, -0.25) is 4.98 Å². The number of hydrogen-bond acceptors (Lipinski definition) is 5. The molecule has 0 bridgehead atoms. The predicted molar refractivity (Wildman–Crippen MR) is 82.1 cm³/mol. The summed E-state index contributed by atoms with van der Waals surface area (Å²) < 4.78 is 4.74. The van der Waals surface area contributed by atoms with Crippen molar-refractivity contribution in [3.05, 3.63) is 59.7 Å². The number of rotatable bonds is 3. The number of carbonyl (C=O) groups excluding carboxylic acids is 1. The van der Waals surface area contributed by atoms with Crippen LogP contribution in [0.3, 0.4) is 0 Å². The highest BCUT2D eigenvalue weighted by molar-refractivity contribution is 7.13. The smallest absolute Gasteiger partial charge is 0.337 e. The summed E-state index contributed by atoms with van der Waals surface area (Å²) in [5.41, 5.74) is 3.30. The molecule has 3 aromatic rings. The van der Waals surface area contributed by atoms with E-state index in [1.807, 2.05) is 29.6 Å². The van der Waals surface area contributed by atoms with Crippen molar-refractivity contribution in [2.75, 3.05) is 7.11 Å². The van der Waals surface area contributed by atoms with Crippen molar-refractivity contribution in [1.82, 2.24) is 9.97 Å². The Bertz CT molecular complexity index is 769. The largest absolute Gasteiger partial charge is 0.465 e. The molecule has 0 spiro atoms. The van der Waals surface area contributed by atoms with Gasteiger partial charge in [-0.05, 0) is 24.3 Å². The topological polar surface area (TPSA) is 52.1 Å². The summed E-state index contributed by atoms with van der Waals surface area (Å²) in [6, 6.07) is 11.1. The Labute approximate surface area is 126 Å². The summed E-state index contributed by atoms with van der Waals surface area (Å²) in [6.45, 7) is 0. The lowest BCUT2D eigenvalue weighted by Crippen LogP contribution is -2.00. The van der Waals surface area contributed by atoms with Crippen LogP contribution in [0.4, 0.5) is 0 Å². The summed E-state index contributed by atoms with van der Waals surface area (Å²) >= 11 is 1.56. The molecule has 2 heterocycles. The number of carbonyl (C=O) groups is 1. The Kier molecular flexibility index (Phi) is 3.75. The molecule has 0 N–H and O–H groups in total. The van der Waals surface area contributed by atoms with E-state index in [-0.39, 0.29) is 5.97 Å². The third-order valence-corrected chi connectivity index (χ3v) is 3.90. The number of hydrogen-bond donors (Lipinski definition) is 0. The lowest BCUT2D eigenvalue weighted by Gasteiger charge is -2.01. The second-order valence-electron chi connectivity index (χ2n) is 4.35. The van der Waals surface area contributed by atoms with E-state index in [1.54, 1.807) is 35.9 Å². The number of aromatic nitrogens is 2. The first-order valence-electron chi connectivity index (χ1n) is 6.32. The SMILES string of the molecule is COC(=O)c1cccc(-c2csc(-c3ccncc3)n2)c1. The second-order valence-corrected chi connectivity index (χ2v) is 5.20. The number of thiazole rings is 1. The number of methoxy groups -OCH3 is 1. The first-order valence-corrected chi connectivity index (χ1v) is 7.20. The van der Waals surface area contributed by atoms with E-state index >= 15 is 0 Å². The summed E-state index contributed by atoms with van der Waals surface area (Å²) in [5, 5.41) is 2.91. The predicted octanol–water partition coefficient (Wildman–Crippen LogP) is 3.66. The van der Waals surface area contributed by atoms with Gasteiger partial charge in [0.05, 0.1) is 18.4 Å². The van der Waals surface area contributed by atoms with E-state index in [4.69, 9.17) is 4.74 Å². The Morgan fingerprint density at radius 1 is 1.14 bits per heavy atom. The van der Waals surface area contributed by atoms with Gasteiger partial charge in [-0.1, -0.05) is 12.1 Å². The molecule has 0 amide bonds. The van der Waals surface area contributed by atoms with Crippen LogP contribution in [0.2, 0.25) is 0 Å². The van der Waals surface area contributed by atoms with Gasteiger partial charge in [0.1, 0.15) is 5.01 Å². The molecule has 0 unspecified atom stereocenters. The maximum atomic E-state index is 11.6. The maximum Gasteiger partial charge on any atom is 0.337 e. The lowest BCUT2D eigenvalue weighted by molar-refractivity contribution is 0.0601. The molecule has 0 saturated heterocycles. The van der Waals surface area contributed by atoms with Crippen LogP contribution in [0.1, 0.15) is 10.4 Å². The number of benzene rings is 1. The molecular formula is C16H12N2O2S. The van der Waals surface area contributed by atoms with Crippen LogP contribution < -0.4 is 0 Å². The Morgan fingerprint density at radius 2 is 1.95 bits per heavy atom.